The lowest BCUT2D eigenvalue weighted by molar-refractivity contribution is -0.154. The summed E-state index contributed by atoms with van der Waals surface area (Å²) in [5, 5.41) is 10.2. The summed E-state index contributed by atoms with van der Waals surface area (Å²) in [7, 11) is 0. The number of amides is 1. The van der Waals surface area contributed by atoms with Gasteiger partial charge >= 0.3 is 12.1 Å². The van der Waals surface area contributed by atoms with E-state index in [-0.39, 0.29) is 13.2 Å². The number of esters is 1. The van der Waals surface area contributed by atoms with Gasteiger partial charge in [-0.15, -0.1) is 0 Å². The van der Waals surface area contributed by atoms with Gasteiger partial charge in [-0.05, 0) is 41.0 Å². The average molecular weight is 273 g/mol. The molecular weight excluding hydrogens is 250 g/mol. The number of hydrogen-bond donors (Lipinski definition) is 1. The van der Waals surface area contributed by atoms with Gasteiger partial charge in [0.15, 0.2) is 6.04 Å². The summed E-state index contributed by atoms with van der Waals surface area (Å²) in [4.78, 5) is 25.2. The van der Waals surface area contributed by atoms with Gasteiger partial charge in [-0.25, -0.2) is 9.59 Å². The van der Waals surface area contributed by atoms with Crippen molar-refractivity contribution < 1.29 is 24.2 Å². The number of likely N-dealkylation sites (tertiary alicyclic amines) is 1. The standard InChI is InChI=1S/C13H23NO5/c1-6-18-10(15)9-13(5,17)7-8-14(9)11(16)19-12(2,3)4/h9,17H,6-8H2,1-5H3/t9-,13+/m0/s1. The monoisotopic (exact) mass is 273 g/mol. The lowest BCUT2D eigenvalue weighted by Crippen LogP contribution is -2.52. The second-order valence-electron chi connectivity index (χ2n) is 5.94. The maximum absolute atomic E-state index is 12.1. The van der Waals surface area contributed by atoms with Crippen molar-refractivity contribution in [1.82, 2.24) is 4.90 Å². The topological polar surface area (TPSA) is 76.1 Å². The lowest BCUT2D eigenvalue weighted by Gasteiger charge is -2.31. The third-order valence-electron chi connectivity index (χ3n) is 2.90. The van der Waals surface area contributed by atoms with E-state index in [0.29, 0.717) is 6.42 Å². The first kappa shape index (κ1) is 15.8. The highest BCUT2D eigenvalue weighted by atomic mass is 16.6. The lowest BCUT2D eigenvalue weighted by atomic mass is 9.97. The van der Waals surface area contributed by atoms with Crippen LogP contribution >= 0.6 is 0 Å². The molecule has 2 atom stereocenters. The third-order valence-corrected chi connectivity index (χ3v) is 2.90. The average Bonchev–Trinajstić information content (AvgIpc) is 2.51. The Morgan fingerprint density at radius 2 is 2.00 bits per heavy atom. The van der Waals surface area contributed by atoms with Gasteiger partial charge in [-0.1, -0.05) is 0 Å². The Hall–Kier alpha value is -1.30. The summed E-state index contributed by atoms with van der Waals surface area (Å²) >= 11 is 0. The van der Waals surface area contributed by atoms with Crippen molar-refractivity contribution in [3.8, 4) is 0 Å². The van der Waals surface area contributed by atoms with Gasteiger partial charge in [0.25, 0.3) is 0 Å². The molecule has 0 spiro atoms. The summed E-state index contributed by atoms with van der Waals surface area (Å²) in [5.74, 6) is -0.601. The molecule has 0 aromatic heterocycles. The van der Waals surface area contributed by atoms with Crippen LogP contribution in [0.3, 0.4) is 0 Å². The SMILES string of the molecule is CCOC(=O)[C@@H]1N(C(=O)OC(C)(C)C)CC[C@@]1(C)O. The molecule has 1 heterocycles. The van der Waals surface area contributed by atoms with Gasteiger partial charge in [0.05, 0.1) is 12.2 Å². The number of carbonyl (C=O) groups is 2. The maximum atomic E-state index is 12.1. The van der Waals surface area contributed by atoms with Crippen molar-refractivity contribution in [2.45, 2.75) is 58.3 Å². The molecular formula is C13H23NO5. The Bertz CT molecular complexity index is 359. The van der Waals surface area contributed by atoms with Crippen LogP contribution in [0.2, 0.25) is 0 Å². The molecule has 0 aromatic rings. The van der Waals surface area contributed by atoms with Crippen LogP contribution in [-0.4, -0.2) is 52.5 Å². The van der Waals surface area contributed by atoms with E-state index >= 15 is 0 Å². The fourth-order valence-corrected chi connectivity index (χ4v) is 2.07. The van der Waals surface area contributed by atoms with Crippen LogP contribution in [0.5, 0.6) is 0 Å². The van der Waals surface area contributed by atoms with Crippen molar-refractivity contribution in [3.63, 3.8) is 0 Å². The minimum absolute atomic E-state index is 0.202. The van der Waals surface area contributed by atoms with E-state index in [4.69, 9.17) is 9.47 Å². The second kappa shape index (κ2) is 5.36. The molecule has 110 valence electrons. The van der Waals surface area contributed by atoms with Crippen LogP contribution in [0.25, 0.3) is 0 Å². The molecule has 0 saturated carbocycles. The maximum Gasteiger partial charge on any atom is 0.411 e. The Kier molecular flexibility index (Phi) is 4.45. The summed E-state index contributed by atoms with van der Waals surface area (Å²) in [6.45, 7) is 8.92. The van der Waals surface area contributed by atoms with Crippen molar-refractivity contribution in [2.24, 2.45) is 0 Å². The molecule has 1 saturated heterocycles. The zero-order chi connectivity index (χ0) is 14.8. The van der Waals surface area contributed by atoms with E-state index < -0.39 is 29.3 Å². The Morgan fingerprint density at radius 1 is 1.42 bits per heavy atom. The molecule has 19 heavy (non-hydrogen) atoms. The van der Waals surface area contributed by atoms with E-state index in [2.05, 4.69) is 0 Å². The van der Waals surface area contributed by atoms with Crippen molar-refractivity contribution >= 4 is 12.1 Å². The van der Waals surface area contributed by atoms with Crippen molar-refractivity contribution in [3.05, 3.63) is 0 Å². The van der Waals surface area contributed by atoms with Crippen LogP contribution in [0.1, 0.15) is 41.0 Å². The molecule has 0 radical (unpaired) electrons. The summed E-state index contributed by atoms with van der Waals surface area (Å²) in [5.41, 5.74) is -1.94. The number of carbonyl (C=O) groups excluding carboxylic acids is 2. The first-order chi connectivity index (χ1) is 8.58. The molecule has 6 heteroatoms. The normalized spacial score (nSPS) is 27.3. The van der Waals surface area contributed by atoms with Gasteiger partial charge in [0, 0.05) is 6.54 Å². The minimum Gasteiger partial charge on any atom is -0.464 e. The fraction of sp³-hybridized carbons (Fsp3) is 0.846. The molecule has 1 N–H and O–H groups in total. The highest BCUT2D eigenvalue weighted by molar-refractivity contribution is 5.83. The quantitative estimate of drug-likeness (QED) is 0.768. The smallest absolute Gasteiger partial charge is 0.411 e. The molecule has 6 nitrogen and oxygen atoms in total. The Labute approximate surface area is 113 Å². The molecule has 0 aromatic carbocycles. The molecule has 1 aliphatic rings. The predicted octanol–water partition coefficient (Wildman–Crippen LogP) is 1.31. The zero-order valence-electron chi connectivity index (χ0n) is 12.2. The largest absolute Gasteiger partial charge is 0.464 e. The van der Waals surface area contributed by atoms with Gasteiger partial charge in [-0.2, -0.15) is 0 Å². The molecule has 0 aliphatic carbocycles. The number of ether oxygens (including phenoxy) is 2. The van der Waals surface area contributed by atoms with Crippen LogP contribution in [0.15, 0.2) is 0 Å². The predicted molar refractivity (Wildman–Crippen MR) is 68.6 cm³/mol. The van der Waals surface area contributed by atoms with Crippen molar-refractivity contribution in [1.29, 1.82) is 0 Å². The van der Waals surface area contributed by atoms with Gasteiger partial charge in [-0.3, -0.25) is 4.90 Å². The van der Waals surface area contributed by atoms with Crippen LogP contribution in [0.4, 0.5) is 4.79 Å². The number of hydrogen-bond acceptors (Lipinski definition) is 5. The first-order valence-electron chi connectivity index (χ1n) is 6.47. The van der Waals surface area contributed by atoms with Gasteiger partial charge < -0.3 is 14.6 Å². The first-order valence-corrected chi connectivity index (χ1v) is 6.47. The van der Waals surface area contributed by atoms with E-state index in [1.165, 1.54) is 11.8 Å². The highest BCUT2D eigenvalue weighted by Crippen LogP contribution is 2.30. The van der Waals surface area contributed by atoms with E-state index in [0.717, 1.165) is 0 Å². The fourth-order valence-electron chi connectivity index (χ4n) is 2.07. The van der Waals surface area contributed by atoms with Crippen LogP contribution in [-0.2, 0) is 14.3 Å². The number of aliphatic hydroxyl groups is 1. The molecule has 1 fully saturated rings. The molecule has 0 bridgehead atoms. The molecule has 0 unspecified atom stereocenters. The second-order valence-corrected chi connectivity index (χ2v) is 5.94. The van der Waals surface area contributed by atoms with E-state index in [1.807, 2.05) is 0 Å². The van der Waals surface area contributed by atoms with Gasteiger partial charge in [0.2, 0.25) is 0 Å². The van der Waals surface area contributed by atoms with Crippen LogP contribution < -0.4 is 0 Å². The van der Waals surface area contributed by atoms with Crippen LogP contribution in [0, 0.1) is 0 Å². The molecule has 1 amide bonds. The summed E-state index contributed by atoms with van der Waals surface area (Å²) in [6.07, 6.45) is -0.293. The highest BCUT2D eigenvalue weighted by Gasteiger charge is 2.51. The van der Waals surface area contributed by atoms with Crippen molar-refractivity contribution in [2.75, 3.05) is 13.2 Å². The van der Waals surface area contributed by atoms with E-state index in [9.17, 15) is 14.7 Å². The minimum atomic E-state index is -1.29. The van der Waals surface area contributed by atoms with E-state index in [1.54, 1.807) is 27.7 Å². The number of rotatable bonds is 2. The molecule has 1 rings (SSSR count). The third kappa shape index (κ3) is 3.83. The Balaban J connectivity index is 2.88. The number of nitrogens with zero attached hydrogens (tertiary/aromatic N) is 1. The Morgan fingerprint density at radius 3 is 2.47 bits per heavy atom. The van der Waals surface area contributed by atoms with Gasteiger partial charge in [0.1, 0.15) is 5.60 Å². The summed E-state index contributed by atoms with van der Waals surface area (Å²) < 4.78 is 10.2. The summed E-state index contributed by atoms with van der Waals surface area (Å²) in [6, 6.07) is -1.01. The molecule has 1 aliphatic heterocycles. The zero-order valence-corrected chi connectivity index (χ0v) is 12.2.